The van der Waals surface area contributed by atoms with Crippen LogP contribution in [0.4, 0.5) is 4.39 Å². The van der Waals surface area contributed by atoms with Crippen molar-refractivity contribution in [2.24, 2.45) is 0 Å². The van der Waals surface area contributed by atoms with Crippen LogP contribution in [0.25, 0.3) is 0 Å². The molecule has 1 amide bonds. The molecular weight excluding hydrogens is 309 g/mol. The molecule has 0 unspecified atom stereocenters. The zero-order valence-corrected chi connectivity index (χ0v) is 14.8. The molecule has 6 heteroatoms. The summed E-state index contributed by atoms with van der Waals surface area (Å²) in [5, 5.41) is 9.05. The summed E-state index contributed by atoms with van der Waals surface area (Å²) in [4.78, 5) is 18.8. The number of likely N-dealkylation sites (N-methyl/N-ethyl adjacent to an activating group) is 2. The van der Waals surface area contributed by atoms with Gasteiger partial charge in [0.25, 0.3) is 0 Å². The maximum Gasteiger partial charge on any atom is 0.244 e. The maximum absolute atomic E-state index is 13.5. The normalized spacial score (nSPS) is 17.5. The number of amides is 1. The minimum atomic E-state index is -0.465. The molecule has 0 aliphatic carbocycles. The highest BCUT2D eigenvalue weighted by Gasteiger charge is 2.31. The molecule has 1 aliphatic heterocycles. The van der Waals surface area contributed by atoms with E-state index in [9.17, 15) is 9.18 Å². The number of piperidine rings is 1. The summed E-state index contributed by atoms with van der Waals surface area (Å²) in [6.45, 7) is 2.19. The molecule has 0 aromatic heterocycles. The summed E-state index contributed by atoms with van der Waals surface area (Å²) in [5.74, 6) is -0.301. The van der Waals surface area contributed by atoms with Crippen LogP contribution in [0.1, 0.15) is 24.4 Å². The summed E-state index contributed by atoms with van der Waals surface area (Å²) in [6, 6.07) is 6.20. The molecule has 1 aromatic rings. The molecule has 2 rings (SSSR count). The molecule has 24 heavy (non-hydrogen) atoms. The molecule has 0 bridgehead atoms. The van der Waals surface area contributed by atoms with E-state index in [0.717, 1.165) is 12.8 Å². The first-order valence-corrected chi connectivity index (χ1v) is 8.45. The van der Waals surface area contributed by atoms with Crippen molar-refractivity contribution >= 4 is 5.91 Å². The maximum atomic E-state index is 13.5. The van der Waals surface area contributed by atoms with Gasteiger partial charge in [-0.25, -0.2) is 4.39 Å². The molecular formula is C18H28FN3O2. The number of hydrogen-bond acceptors (Lipinski definition) is 4. The third-order valence-electron chi connectivity index (χ3n) is 4.77. The van der Waals surface area contributed by atoms with E-state index in [-0.39, 0.29) is 18.3 Å². The number of carbonyl (C=O) groups is 1. The van der Waals surface area contributed by atoms with Gasteiger partial charge in [-0.1, -0.05) is 12.1 Å². The van der Waals surface area contributed by atoms with Crippen LogP contribution in [-0.4, -0.2) is 79.1 Å². The number of benzene rings is 1. The lowest BCUT2D eigenvalue weighted by molar-refractivity contribution is -0.138. The fourth-order valence-electron chi connectivity index (χ4n) is 3.38. The van der Waals surface area contributed by atoms with E-state index in [1.54, 1.807) is 12.1 Å². The second kappa shape index (κ2) is 8.55. The Morgan fingerprint density at radius 1 is 1.33 bits per heavy atom. The number of nitrogens with zero attached hydrogens (tertiary/aromatic N) is 3. The van der Waals surface area contributed by atoms with Crippen LogP contribution in [0.3, 0.4) is 0 Å². The second-order valence-corrected chi connectivity index (χ2v) is 6.68. The molecule has 0 saturated carbocycles. The molecule has 0 spiro atoms. The molecule has 1 N–H and O–H groups in total. The van der Waals surface area contributed by atoms with Crippen molar-refractivity contribution in [1.82, 2.24) is 14.7 Å². The Bertz CT molecular complexity index is 545. The molecule has 1 fully saturated rings. The average Bonchev–Trinajstić information content (AvgIpc) is 2.55. The SMILES string of the molecule is CN(CCO)C1CCN(C(=O)[C@H](c2cccc(F)c2)N(C)C)CC1. The van der Waals surface area contributed by atoms with Gasteiger partial charge in [0.05, 0.1) is 6.61 Å². The van der Waals surface area contributed by atoms with Crippen LogP contribution in [0.5, 0.6) is 0 Å². The lowest BCUT2D eigenvalue weighted by Crippen LogP contribution is -2.49. The minimum absolute atomic E-state index is 0.0221. The van der Waals surface area contributed by atoms with Gasteiger partial charge in [-0.15, -0.1) is 0 Å². The van der Waals surface area contributed by atoms with E-state index < -0.39 is 6.04 Å². The fourth-order valence-corrected chi connectivity index (χ4v) is 3.38. The topological polar surface area (TPSA) is 47.0 Å². The molecule has 1 heterocycles. The zero-order chi connectivity index (χ0) is 17.7. The molecule has 1 aliphatic rings. The highest BCUT2D eigenvalue weighted by atomic mass is 19.1. The van der Waals surface area contributed by atoms with Crippen molar-refractivity contribution < 1.29 is 14.3 Å². The van der Waals surface area contributed by atoms with Gasteiger partial charge in [0, 0.05) is 25.7 Å². The summed E-state index contributed by atoms with van der Waals surface area (Å²) in [7, 11) is 5.69. The van der Waals surface area contributed by atoms with E-state index >= 15 is 0 Å². The summed E-state index contributed by atoms with van der Waals surface area (Å²) < 4.78 is 13.5. The number of hydrogen-bond donors (Lipinski definition) is 1. The fraction of sp³-hybridized carbons (Fsp3) is 0.611. The van der Waals surface area contributed by atoms with E-state index in [2.05, 4.69) is 4.90 Å². The lowest BCUT2D eigenvalue weighted by atomic mass is 10.00. The highest BCUT2D eigenvalue weighted by Crippen LogP contribution is 2.24. The van der Waals surface area contributed by atoms with Crippen molar-refractivity contribution in [2.45, 2.75) is 24.9 Å². The standard InChI is InChI=1S/C18H28FN3O2/c1-20(2)17(14-5-4-6-15(19)13-14)18(24)22-9-7-16(8-10-22)21(3)11-12-23/h4-6,13,16-17,23H,7-12H2,1-3H3/t17-/m0/s1. The molecule has 5 nitrogen and oxygen atoms in total. The van der Waals surface area contributed by atoms with Gasteiger partial charge in [-0.05, 0) is 51.7 Å². The van der Waals surface area contributed by atoms with Gasteiger partial charge in [0.1, 0.15) is 11.9 Å². The molecule has 1 saturated heterocycles. The highest BCUT2D eigenvalue weighted by molar-refractivity contribution is 5.83. The predicted octanol–water partition coefficient (Wildman–Crippen LogP) is 1.34. The Kier molecular flexibility index (Phi) is 6.71. The van der Waals surface area contributed by atoms with E-state index in [4.69, 9.17) is 5.11 Å². The number of carbonyl (C=O) groups excluding carboxylic acids is 1. The van der Waals surface area contributed by atoms with Crippen molar-refractivity contribution in [2.75, 3.05) is 47.4 Å². The monoisotopic (exact) mass is 337 g/mol. The Hall–Kier alpha value is -1.50. The van der Waals surface area contributed by atoms with Gasteiger partial charge >= 0.3 is 0 Å². The Labute approximate surface area is 143 Å². The van der Waals surface area contributed by atoms with E-state index in [0.29, 0.717) is 31.2 Å². The van der Waals surface area contributed by atoms with Crippen LogP contribution >= 0.6 is 0 Å². The molecule has 1 aromatic carbocycles. The largest absolute Gasteiger partial charge is 0.395 e. The van der Waals surface area contributed by atoms with E-state index in [1.165, 1.54) is 12.1 Å². The smallest absolute Gasteiger partial charge is 0.244 e. The average molecular weight is 337 g/mol. The van der Waals surface area contributed by atoms with Crippen molar-refractivity contribution in [3.05, 3.63) is 35.6 Å². The minimum Gasteiger partial charge on any atom is -0.395 e. The first-order chi connectivity index (χ1) is 11.4. The number of rotatable bonds is 6. The predicted molar refractivity (Wildman–Crippen MR) is 92.1 cm³/mol. The number of halogens is 1. The zero-order valence-electron chi connectivity index (χ0n) is 14.8. The summed E-state index contributed by atoms with van der Waals surface area (Å²) >= 11 is 0. The van der Waals surface area contributed by atoms with Crippen LogP contribution in [0.2, 0.25) is 0 Å². The van der Waals surface area contributed by atoms with Crippen LogP contribution in [0, 0.1) is 5.82 Å². The van der Waals surface area contributed by atoms with Gasteiger partial charge in [-0.3, -0.25) is 9.69 Å². The van der Waals surface area contributed by atoms with Gasteiger partial charge in [0.2, 0.25) is 5.91 Å². The van der Waals surface area contributed by atoms with Gasteiger partial charge in [0.15, 0.2) is 0 Å². The van der Waals surface area contributed by atoms with Crippen molar-refractivity contribution in [1.29, 1.82) is 0 Å². The van der Waals surface area contributed by atoms with Crippen LogP contribution in [0.15, 0.2) is 24.3 Å². The van der Waals surface area contributed by atoms with Gasteiger partial charge < -0.3 is 14.9 Å². The first kappa shape index (κ1) is 18.8. The number of likely N-dealkylation sites (tertiary alicyclic amines) is 1. The van der Waals surface area contributed by atoms with Crippen LogP contribution in [-0.2, 0) is 4.79 Å². The third-order valence-corrected chi connectivity index (χ3v) is 4.77. The van der Waals surface area contributed by atoms with Crippen LogP contribution < -0.4 is 0 Å². The molecule has 1 atom stereocenters. The Morgan fingerprint density at radius 3 is 2.54 bits per heavy atom. The van der Waals surface area contributed by atoms with Crippen molar-refractivity contribution in [3.63, 3.8) is 0 Å². The van der Waals surface area contributed by atoms with Crippen molar-refractivity contribution in [3.8, 4) is 0 Å². The summed E-state index contributed by atoms with van der Waals surface area (Å²) in [5.41, 5.74) is 0.685. The Balaban J connectivity index is 2.04. The Morgan fingerprint density at radius 2 is 2.00 bits per heavy atom. The third kappa shape index (κ3) is 4.53. The molecule has 134 valence electrons. The quantitative estimate of drug-likeness (QED) is 0.851. The first-order valence-electron chi connectivity index (χ1n) is 8.45. The number of aliphatic hydroxyl groups excluding tert-OH is 1. The lowest BCUT2D eigenvalue weighted by Gasteiger charge is -2.39. The second-order valence-electron chi connectivity index (χ2n) is 6.68. The summed E-state index contributed by atoms with van der Waals surface area (Å²) in [6.07, 6.45) is 1.79. The molecule has 0 radical (unpaired) electrons. The number of aliphatic hydroxyl groups is 1. The van der Waals surface area contributed by atoms with Gasteiger partial charge in [-0.2, -0.15) is 0 Å². The van der Waals surface area contributed by atoms with E-state index in [1.807, 2.05) is 30.9 Å².